The van der Waals surface area contributed by atoms with Crippen molar-refractivity contribution in [3.63, 3.8) is 0 Å². The predicted octanol–water partition coefficient (Wildman–Crippen LogP) is -0.397. The number of nitrogens with zero attached hydrogens (tertiary/aromatic N) is 2. The molecule has 1 rings (SSSR count). The van der Waals surface area contributed by atoms with Gasteiger partial charge in [0.15, 0.2) is 5.84 Å². The summed E-state index contributed by atoms with van der Waals surface area (Å²) in [5.41, 5.74) is 5.41. The quantitative estimate of drug-likeness (QED) is 0.239. The lowest BCUT2D eigenvalue weighted by atomic mass is 10.2. The van der Waals surface area contributed by atoms with E-state index in [-0.39, 0.29) is 10.7 Å². The third kappa shape index (κ3) is 3.43. The average Bonchev–Trinajstić information content (AvgIpc) is 2.81. The summed E-state index contributed by atoms with van der Waals surface area (Å²) in [5, 5.41) is 17.3. The molecule has 0 fully saturated rings. The van der Waals surface area contributed by atoms with Gasteiger partial charge in [-0.05, 0) is 6.42 Å². The maximum atomic E-state index is 11.8. The van der Waals surface area contributed by atoms with Crippen molar-refractivity contribution in [1.82, 2.24) is 14.9 Å². The Bertz CT molecular complexity index is 467. The van der Waals surface area contributed by atoms with Crippen LogP contribution in [0, 0.1) is 0 Å². The Morgan fingerprint density at radius 2 is 2.47 bits per heavy atom. The van der Waals surface area contributed by atoms with Crippen LogP contribution in [-0.2, 0) is 10.0 Å². The fourth-order valence-electron chi connectivity index (χ4n) is 1.27. The van der Waals surface area contributed by atoms with Gasteiger partial charge in [0, 0.05) is 6.20 Å². The summed E-state index contributed by atoms with van der Waals surface area (Å²) in [7, 11) is -3.71. The third-order valence-electron chi connectivity index (χ3n) is 2.13. The van der Waals surface area contributed by atoms with Crippen molar-refractivity contribution in [2.24, 2.45) is 10.9 Å². The second-order valence-electron chi connectivity index (χ2n) is 3.42. The van der Waals surface area contributed by atoms with Crippen molar-refractivity contribution in [2.75, 3.05) is 0 Å². The lowest BCUT2D eigenvalue weighted by Crippen LogP contribution is -2.44. The highest BCUT2D eigenvalue weighted by molar-refractivity contribution is 7.89. The second-order valence-corrected chi connectivity index (χ2v) is 5.14. The second kappa shape index (κ2) is 5.64. The molecule has 0 amide bonds. The van der Waals surface area contributed by atoms with E-state index < -0.39 is 16.1 Å². The van der Waals surface area contributed by atoms with Gasteiger partial charge in [0.25, 0.3) is 0 Å². The normalized spacial score (nSPS) is 14.8. The minimum Gasteiger partial charge on any atom is -0.409 e. The first-order chi connectivity index (χ1) is 8.01. The maximum absolute atomic E-state index is 11.8. The van der Waals surface area contributed by atoms with E-state index in [1.165, 1.54) is 12.4 Å². The molecule has 0 saturated carbocycles. The number of nitrogens with one attached hydrogen (secondary N) is 2. The van der Waals surface area contributed by atoms with E-state index >= 15 is 0 Å². The summed E-state index contributed by atoms with van der Waals surface area (Å²) in [6, 6.07) is -0.732. The molecule has 0 aromatic carbocycles. The van der Waals surface area contributed by atoms with Gasteiger partial charge in [-0.3, -0.25) is 5.10 Å². The largest absolute Gasteiger partial charge is 0.409 e. The van der Waals surface area contributed by atoms with Crippen molar-refractivity contribution in [3.8, 4) is 0 Å². The van der Waals surface area contributed by atoms with Gasteiger partial charge in [-0.15, -0.1) is 0 Å². The third-order valence-corrected chi connectivity index (χ3v) is 3.57. The van der Waals surface area contributed by atoms with Gasteiger partial charge in [0.2, 0.25) is 10.0 Å². The fraction of sp³-hybridized carbons (Fsp3) is 0.500. The summed E-state index contributed by atoms with van der Waals surface area (Å²) in [6.07, 6.45) is 3.55. The maximum Gasteiger partial charge on any atom is 0.244 e. The van der Waals surface area contributed by atoms with Crippen LogP contribution in [0.4, 0.5) is 0 Å². The lowest BCUT2D eigenvalue weighted by Gasteiger charge is -2.15. The molecule has 96 valence electrons. The van der Waals surface area contributed by atoms with Gasteiger partial charge in [0.1, 0.15) is 4.90 Å². The zero-order valence-corrected chi connectivity index (χ0v) is 10.1. The van der Waals surface area contributed by atoms with Crippen LogP contribution >= 0.6 is 0 Å². The molecule has 0 aliphatic rings. The number of hydrogen-bond acceptors (Lipinski definition) is 5. The molecular formula is C8H15N5O3S. The molecule has 1 aromatic rings. The van der Waals surface area contributed by atoms with Gasteiger partial charge in [0.05, 0.1) is 12.2 Å². The van der Waals surface area contributed by atoms with E-state index in [0.717, 1.165) is 0 Å². The van der Waals surface area contributed by atoms with Crippen LogP contribution in [0.5, 0.6) is 0 Å². The van der Waals surface area contributed by atoms with E-state index in [0.29, 0.717) is 12.8 Å². The number of rotatable bonds is 6. The highest BCUT2D eigenvalue weighted by atomic mass is 32.2. The smallest absolute Gasteiger partial charge is 0.244 e. The fourth-order valence-corrected chi connectivity index (χ4v) is 2.42. The van der Waals surface area contributed by atoms with Crippen molar-refractivity contribution >= 4 is 15.9 Å². The van der Waals surface area contributed by atoms with E-state index in [4.69, 9.17) is 10.9 Å². The zero-order chi connectivity index (χ0) is 12.9. The summed E-state index contributed by atoms with van der Waals surface area (Å²) in [6.45, 7) is 1.86. The molecule has 9 heteroatoms. The Morgan fingerprint density at radius 3 is 2.94 bits per heavy atom. The molecule has 5 N–H and O–H groups in total. The average molecular weight is 261 g/mol. The Morgan fingerprint density at radius 1 is 1.76 bits per heavy atom. The van der Waals surface area contributed by atoms with Crippen molar-refractivity contribution < 1.29 is 13.6 Å². The number of sulfonamides is 1. The van der Waals surface area contributed by atoms with Crippen LogP contribution < -0.4 is 10.5 Å². The lowest BCUT2D eigenvalue weighted by molar-refractivity contribution is 0.315. The van der Waals surface area contributed by atoms with Crippen LogP contribution in [0.3, 0.4) is 0 Å². The van der Waals surface area contributed by atoms with Crippen molar-refractivity contribution in [3.05, 3.63) is 12.4 Å². The summed E-state index contributed by atoms with van der Waals surface area (Å²) >= 11 is 0. The van der Waals surface area contributed by atoms with Gasteiger partial charge >= 0.3 is 0 Å². The zero-order valence-electron chi connectivity index (χ0n) is 9.29. The molecule has 1 atom stereocenters. The number of aromatic amines is 1. The minimum atomic E-state index is -3.71. The molecule has 0 aliphatic heterocycles. The molecule has 1 unspecified atom stereocenters. The number of hydrogen-bond donors (Lipinski definition) is 4. The molecule has 0 spiro atoms. The van der Waals surface area contributed by atoms with E-state index in [1.807, 2.05) is 6.92 Å². The predicted molar refractivity (Wildman–Crippen MR) is 61.0 cm³/mol. The summed E-state index contributed by atoms with van der Waals surface area (Å²) in [5.74, 6) is -0.168. The number of H-pyrrole nitrogens is 1. The van der Waals surface area contributed by atoms with Gasteiger partial charge in [-0.1, -0.05) is 18.5 Å². The highest BCUT2D eigenvalue weighted by Gasteiger charge is 2.23. The number of nitrogens with two attached hydrogens (primary N) is 1. The summed E-state index contributed by atoms with van der Waals surface area (Å²) in [4.78, 5) is 0.00402. The van der Waals surface area contributed by atoms with Crippen LogP contribution in [0.1, 0.15) is 19.8 Å². The van der Waals surface area contributed by atoms with Gasteiger partial charge in [-0.25, -0.2) is 13.1 Å². The topological polar surface area (TPSA) is 133 Å². The van der Waals surface area contributed by atoms with Crippen molar-refractivity contribution in [2.45, 2.75) is 30.7 Å². The Hall–Kier alpha value is -1.61. The number of oxime groups is 1. The van der Waals surface area contributed by atoms with E-state index in [9.17, 15) is 8.42 Å². The molecule has 0 radical (unpaired) electrons. The molecule has 17 heavy (non-hydrogen) atoms. The Labute approximate surface area is 98.9 Å². The summed E-state index contributed by atoms with van der Waals surface area (Å²) < 4.78 is 26.0. The number of aromatic nitrogens is 2. The molecule has 0 saturated heterocycles. The van der Waals surface area contributed by atoms with Crippen molar-refractivity contribution in [1.29, 1.82) is 0 Å². The molecule has 0 bridgehead atoms. The van der Waals surface area contributed by atoms with E-state index in [2.05, 4.69) is 20.1 Å². The first-order valence-electron chi connectivity index (χ1n) is 4.99. The van der Waals surface area contributed by atoms with Crippen LogP contribution in [-0.4, -0.2) is 35.7 Å². The molecule has 1 heterocycles. The SMILES string of the molecule is CCCC(NS(=O)(=O)c1cn[nH]c1)/C(N)=N/O. The van der Waals surface area contributed by atoms with Crippen LogP contribution in [0.15, 0.2) is 22.4 Å². The van der Waals surface area contributed by atoms with E-state index in [1.54, 1.807) is 0 Å². The van der Waals surface area contributed by atoms with Gasteiger partial charge < -0.3 is 10.9 Å². The first kappa shape index (κ1) is 13.5. The first-order valence-corrected chi connectivity index (χ1v) is 6.48. The molecule has 8 nitrogen and oxygen atoms in total. The Balaban J connectivity index is 2.87. The molecular weight excluding hydrogens is 246 g/mol. The van der Waals surface area contributed by atoms with Crippen LogP contribution in [0.25, 0.3) is 0 Å². The standard InChI is InChI=1S/C8H15N5O3S/c1-2-3-7(8(9)12-14)13-17(15,16)6-4-10-11-5-6/h4-5,7,13-14H,2-3H2,1H3,(H2,9,12)(H,10,11). The molecule has 0 aliphatic carbocycles. The minimum absolute atomic E-state index is 0.00402. The van der Waals surface area contributed by atoms with Crippen LogP contribution in [0.2, 0.25) is 0 Å². The Kier molecular flexibility index (Phi) is 4.46. The van der Waals surface area contributed by atoms with Gasteiger partial charge in [-0.2, -0.15) is 5.10 Å². The highest BCUT2D eigenvalue weighted by Crippen LogP contribution is 2.07. The monoisotopic (exact) mass is 261 g/mol. The number of amidine groups is 1. The molecule has 1 aromatic heterocycles.